The Bertz CT molecular complexity index is 1450. The van der Waals surface area contributed by atoms with Crippen LogP contribution in [-0.4, -0.2) is 44.2 Å². The summed E-state index contributed by atoms with van der Waals surface area (Å²) in [6, 6.07) is 10.8. The van der Waals surface area contributed by atoms with Gasteiger partial charge in [-0.2, -0.15) is 0 Å². The number of alkyl halides is 3. The van der Waals surface area contributed by atoms with Crippen molar-refractivity contribution in [1.82, 2.24) is 10.3 Å². The van der Waals surface area contributed by atoms with Crippen LogP contribution in [0, 0.1) is 0 Å². The number of para-hydroxylation sites is 2. The first-order chi connectivity index (χ1) is 18.0. The van der Waals surface area contributed by atoms with Gasteiger partial charge >= 0.3 is 6.36 Å². The van der Waals surface area contributed by atoms with E-state index in [4.69, 9.17) is 0 Å². The fraction of sp³-hybridized carbons (Fsp3) is 0.208. The van der Waals surface area contributed by atoms with Gasteiger partial charge in [-0.3, -0.25) is 18.9 Å². The molecule has 1 atom stereocenters. The van der Waals surface area contributed by atoms with Crippen LogP contribution in [0.15, 0.2) is 76.4 Å². The number of amides is 2. The van der Waals surface area contributed by atoms with Crippen molar-refractivity contribution in [2.45, 2.75) is 30.1 Å². The van der Waals surface area contributed by atoms with Crippen LogP contribution in [0.25, 0.3) is 0 Å². The smallest absolute Gasteiger partial charge is 0.404 e. The van der Waals surface area contributed by atoms with E-state index in [1.807, 2.05) is 0 Å². The van der Waals surface area contributed by atoms with Crippen molar-refractivity contribution in [1.29, 1.82) is 0 Å². The molecule has 38 heavy (non-hydrogen) atoms. The van der Waals surface area contributed by atoms with Crippen molar-refractivity contribution in [3.05, 3.63) is 77.0 Å². The average Bonchev–Trinajstić information content (AvgIpc) is 2.84. The summed E-state index contributed by atoms with van der Waals surface area (Å²) in [5.41, 5.74) is 1.01. The number of hydrogen-bond donors (Lipinski definition) is 2. The summed E-state index contributed by atoms with van der Waals surface area (Å²) in [6.45, 7) is 0.205. The van der Waals surface area contributed by atoms with Crippen molar-refractivity contribution in [3.63, 3.8) is 0 Å². The van der Waals surface area contributed by atoms with Gasteiger partial charge in [-0.25, -0.2) is 8.42 Å². The van der Waals surface area contributed by atoms with E-state index in [0.29, 0.717) is 10.7 Å². The Hall–Kier alpha value is -3.65. The molecule has 14 heteroatoms. The highest BCUT2D eigenvalue weighted by atomic mass is 79.9. The Morgan fingerprint density at radius 2 is 1.84 bits per heavy atom. The Morgan fingerprint density at radius 3 is 2.55 bits per heavy atom. The molecular formula is C24H20BrF3N4O5S. The zero-order valence-corrected chi connectivity index (χ0v) is 21.8. The molecule has 2 heterocycles. The molecule has 0 aliphatic carbocycles. The number of sulfonamides is 1. The summed E-state index contributed by atoms with van der Waals surface area (Å²) in [5, 5.41) is 5.21. The lowest BCUT2D eigenvalue weighted by atomic mass is 10.1. The fourth-order valence-electron chi connectivity index (χ4n) is 3.88. The van der Waals surface area contributed by atoms with Crippen molar-refractivity contribution in [3.8, 4) is 5.75 Å². The van der Waals surface area contributed by atoms with Gasteiger partial charge in [0.25, 0.3) is 10.0 Å². The van der Waals surface area contributed by atoms with Crippen LogP contribution < -0.4 is 19.7 Å². The van der Waals surface area contributed by atoms with Gasteiger partial charge in [0.1, 0.15) is 10.9 Å². The summed E-state index contributed by atoms with van der Waals surface area (Å²) in [5.74, 6) is -2.43. The number of carbonyl (C=O) groups excluding carboxylic acids is 2. The molecule has 0 saturated heterocycles. The fourth-order valence-corrected chi connectivity index (χ4v) is 5.95. The molecule has 1 aliphatic rings. The number of hydrogen-bond acceptors (Lipinski definition) is 6. The number of rotatable bonds is 8. The van der Waals surface area contributed by atoms with E-state index in [1.165, 1.54) is 24.3 Å². The van der Waals surface area contributed by atoms with Crippen molar-refractivity contribution in [2.24, 2.45) is 0 Å². The molecule has 0 spiro atoms. The van der Waals surface area contributed by atoms with E-state index >= 15 is 0 Å². The minimum Gasteiger partial charge on any atom is -0.404 e. The summed E-state index contributed by atoms with van der Waals surface area (Å²) in [4.78, 5) is 28.9. The lowest BCUT2D eigenvalue weighted by Crippen LogP contribution is -2.52. The number of pyridine rings is 1. The second kappa shape index (κ2) is 11.0. The number of nitrogens with zero attached hydrogens (tertiary/aromatic N) is 2. The Kier molecular flexibility index (Phi) is 7.92. The van der Waals surface area contributed by atoms with Crippen LogP contribution in [-0.2, 0) is 26.0 Å². The van der Waals surface area contributed by atoms with Gasteiger partial charge in [0, 0.05) is 23.4 Å². The first-order valence-corrected chi connectivity index (χ1v) is 13.3. The number of halogens is 4. The number of benzene rings is 2. The molecule has 1 aromatic heterocycles. The molecule has 0 bridgehead atoms. The van der Waals surface area contributed by atoms with Crippen LogP contribution in [0.1, 0.15) is 12.0 Å². The molecule has 4 rings (SSSR count). The van der Waals surface area contributed by atoms with Gasteiger partial charge in [0.2, 0.25) is 11.8 Å². The Balaban J connectivity index is 1.67. The van der Waals surface area contributed by atoms with Crippen molar-refractivity contribution < 1.29 is 35.9 Å². The third-order valence-corrected chi connectivity index (χ3v) is 7.87. The summed E-state index contributed by atoms with van der Waals surface area (Å²) < 4.78 is 71.8. The SMILES string of the molecule is O=C(CC1C(=O)Nc2ccccc2N1S(=O)(=O)c1ccc(Br)cc1OC(F)(F)F)NCCc1ccncc1. The van der Waals surface area contributed by atoms with Gasteiger partial charge in [0.05, 0.1) is 17.8 Å². The van der Waals surface area contributed by atoms with E-state index in [-0.39, 0.29) is 22.4 Å². The van der Waals surface area contributed by atoms with Gasteiger partial charge in [-0.15, -0.1) is 13.2 Å². The van der Waals surface area contributed by atoms with E-state index in [2.05, 4.69) is 36.3 Å². The molecular weight excluding hydrogens is 593 g/mol. The summed E-state index contributed by atoms with van der Waals surface area (Å²) in [7, 11) is -4.85. The zero-order chi connectivity index (χ0) is 27.5. The minimum atomic E-state index is -5.18. The number of carbonyl (C=O) groups is 2. The normalized spacial score (nSPS) is 15.4. The van der Waals surface area contributed by atoms with Crippen LogP contribution in [0.3, 0.4) is 0 Å². The standard InChI is InChI=1S/C24H20BrF3N4O5S/c25-16-5-6-21(20(13-16)37-24(26,27)28)38(35,36)32-18-4-2-1-3-17(18)31-23(34)19(32)14-22(33)30-12-9-15-7-10-29-11-8-15/h1-8,10-11,13,19H,9,12,14H2,(H,30,33)(H,31,34). The van der Waals surface area contributed by atoms with E-state index in [1.54, 1.807) is 30.6 Å². The number of anilines is 2. The monoisotopic (exact) mass is 612 g/mol. The van der Waals surface area contributed by atoms with E-state index < -0.39 is 51.3 Å². The molecule has 9 nitrogen and oxygen atoms in total. The van der Waals surface area contributed by atoms with Gasteiger partial charge in [-0.05, 0) is 54.4 Å². The van der Waals surface area contributed by atoms with Crippen LogP contribution in [0.2, 0.25) is 0 Å². The number of nitrogens with one attached hydrogen (secondary N) is 2. The molecule has 2 amide bonds. The molecule has 0 fully saturated rings. The highest BCUT2D eigenvalue weighted by Gasteiger charge is 2.44. The van der Waals surface area contributed by atoms with Gasteiger partial charge in [-0.1, -0.05) is 28.1 Å². The number of aromatic nitrogens is 1. The van der Waals surface area contributed by atoms with Crippen LogP contribution in [0.4, 0.5) is 24.5 Å². The lowest BCUT2D eigenvalue weighted by Gasteiger charge is -2.37. The predicted molar refractivity (Wildman–Crippen MR) is 135 cm³/mol. The van der Waals surface area contributed by atoms with Crippen LogP contribution >= 0.6 is 15.9 Å². The van der Waals surface area contributed by atoms with Gasteiger partial charge < -0.3 is 15.4 Å². The number of ether oxygens (including phenoxy) is 1. The largest absolute Gasteiger partial charge is 0.573 e. The Morgan fingerprint density at radius 1 is 1.13 bits per heavy atom. The molecule has 0 radical (unpaired) electrons. The third kappa shape index (κ3) is 6.25. The maximum absolute atomic E-state index is 13.9. The third-order valence-electron chi connectivity index (χ3n) is 5.52. The van der Waals surface area contributed by atoms with E-state index in [0.717, 1.165) is 17.7 Å². The lowest BCUT2D eigenvalue weighted by molar-refractivity contribution is -0.275. The first-order valence-electron chi connectivity index (χ1n) is 11.1. The highest BCUT2D eigenvalue weighted by molar-refractivity contribution is 9.10. The van der Waals surface area contributed by atoms with Gasteiger partial charge in [0.15, 0.2) is 5.75 Å². The average molecular weight is 613 g/mol. The molecule has 3 aromatic rings. The molecule has 200 valence electrons. The Labute approximate surface area is 224 Å². The maximum atomic E-state index is 13.9. The minimum absolute atomic E-state index is 0.0115. The quantitative estimate of drug-likeness (QED) is 0.397. The molecule has 1 unspecified atom stereocenters. The predicted octanol–water partition coefficient (Wildman–Crippen LogP) is 4.01. The van der Waals surface area contributed by atoms with Crippen molar-refractivity contribution >= 4 is 49.1 Å². The molecule has 1 aliphatic heterocycles. The second-order valence-electron chi connectivity index (χ2n) is 8.12. The van der Waals surface area contributed by atoms with Crippen LogP contribution in [0.5, 0.6) is 5.75 Å². The summed E-state index contributed by atoms with van der Waals surface area (Å²) >= 11 is 3.01. The topological polar surface area (TPSA) is 118 Å². The number of fused-ring (bicyclic) bond motifs is 1. The summed E-state index contributed by atoms with van der Waals surface area (Å²) in [6.07, 6.45) is -2.10. The molecule has 2 aromatic carbocycles. The zero-order valence-electron chi connectivity index (χ0n) is 19.4. The maximum Gasteiger partial charge on any atom is 0.573 e. The van der Waals surface area contributed by atoms with E-state index in [9.17, 15) is 31.2 Å². The molecule has 0 saturated carbocycles. The van der Waals surface area contributed by atoms with Crippen molar-refractivity contribution in [2.75, 3.05) is 16.2 Å². The second-order valence-corrected chi connectivity index (χ2v) is 10.8. The first kappa shape index (κ1) is 27.4. The molecule has 2 N–H and O–H groups in total. The highest BCUT2D eigenvalue weighted by Crippen LogP contribution is 2.40.